The number of hydrogen-bond donors (Lipinski definition) is 1. The van der Waals surface area contributed by atoms with Crippen LogP contribution in [-0.4, -0.2) is 21.3 Å². The fraction of sp³-hybridized carbons (Fsp3) is 0.100. The van der Waals surface area contributed by atoms with E-state index in [0.717, 1.165) is 17.5 Å². The van der Waals surface area contributed by atoms with Gasteiger partial charge in [-0.3, -0.25) is 15.0 Å². The van der Waals surface area contributed by atoms with Crippen molar-refractivity contribution in [3.8, 4) is 10.6 Å². The molecular weight excluding hydrogens is 396 g/mol. The van der Waals surface area contributed by atoms with Crippen molar-refractivity contribution in [1.82, 2.24) is 10.2 Å². The molecule has 0 amide bonds. The van der Waals surface area contributed by atoms with Gasteiger partial charge < -0.3 is 16.4 Å². The molecule has 1 aromatic heterocycles. The Labute approximate surface area is 112 Å². The predicted molar refractivity (Wildman–Crippen MR) is 57.5 cm³/mol. The number of carboxylic acids is 1. The Balaban J connectivity index is 0.000000397. The molecule has 0 radical (unpaired) electrons. The van der Waals surface area contributed by atoms with E-state index in [-0.39, 0.29) is 21.1 Å². The molecule has 1 N–H and O–H groups in total. The molecule has 0 saturated heterocycles. The summed E-state index contributed by atoms with van der Waals surface area (Å²) in [4.78, 5) is 9.00. The molecule has 0 aliphatic heterocycles. The molecule has 0 aliphatic rings. The van der Waals surface area contributed by atoms with Gasteiger partial charge in [-0.2, -0.15) is 0 Å². The second kappa shape index (κ2) is 8.13. The van der Waals surface area contributed by atoms with Crippen LogP contribution in [0.15, 0.2) is 30.3 Å². The molecular formula is C10H9N2O2SW-. The van der Waals surface area contributed by atoms with Crippen molar-refractivity contribution in [3.05, 3.63) is 35.8 Å². The Morgan fingerprint density at radius 3 is 2.38 bits per heavy atom. The van der Waals surface area contributed by atoms with Crippen LogP contribution in [0.4, 0.5) is 0 Å². The summed E-state index contributed by atoms with van der Waals surface area (Å²) in [5.41, 5.74) is 3.81. The van der Waals surface area contributed by atoms with Crippen LogP contribution in [0.2, 0.25) is 0 Å². The first-order valence-corrected chi connectivity index (χ1v) is 4.96. The van der Waals surface area contributed by atoms with Gasteiger partial charge in [-0.1, -0.05) is 41.4 Å². The number of carbonyl (C=O) groups is 1. The second-order valence-corrected chi connectivity index (χ2v) is 3.36. The number of nitrogens with zero attached hydrogens (tertiary/aromatic N) is 2. The topological polar surface area (TPSA) is 63.1 Å². The number of aliphatic carboxylic acids is 1. The molecule has 6 heteroatoms. The number of hydrogen-bond acceptors (Lipinski definition) is 4. The fourth-order valence-electron chi connectivity index (χ4n) is 0.847. The zero-order valence-electron chi connectivity index (χ0n) is 8.45. The van der Waals surface area contributed by atoms with Crippen molar-refractivity contribution in [2.75, 3.05) is 0 Å². The van der Waals surface area contributed by atoms with E-state index in [9.17, 15) is 0 Å². The number of rotatable bonds is 1. The third kappa shape index (κ3) is 5.73. The maximum absolute atomic E-state index is 9.00. The van der Waals surface area contributed by atoms with Gasteiger partial charge in [0.2, 0.25) is 0 Å². The standard InChI is InChI=1S/C8H5N2S.C2H4O2.W/c1-2-4-7(5-3-1)8-10-9-6-11-8;1-2(3)4;/h1-5H;1H3,(H,3,4);/q-1;;. The van der Waals surface area contributed by atoms with Crippen LogP contribution < -0.4 is 0 Å². The molecule has 0 saturated carbocycles. The summed E-state index contributed by atoms with van der Waals surface area (Å²) in [5, 5.41) is 15.9. The summed E-state index contributed by atoms with van der Waals surface area (Å²) in [6.45, 7) is 1.08. The minimum Gasteiger partial charge on any atom is -0.481 e. The van der Waals surface area contributed by atoms with Crippen molar-refractivity contribution in [3.63, 3.8) is 0 Å². The summed E-state index contributed by atoms with van der Waals surface area (Å²) in [5.74, 6) is -0.833. The molecule has 2 rings (SSSR count). The molecule has 0 aliphatic carbocycles. The van der Waals surface area contributed by atoms with Crippen LogP contribution in [0.25, 0.3) is 10.6 Å². The molecule has 0 bridgehead atoms. The molecule has 84 valence electrons. The van der Waals surface area contributed by atoms with Crippen LogP contribution in [0.1, 0.15) is 6.92 Å². The first kappa shape index (κ1) is 14.9. The smallest absolute Gasteiger partial charge is 0.300 e. The Kier molecular flexibility index (Phi) is 7.59. The van der Waals surface area contributed by atoms with Gasteiger partial charge in [0, 0.05) is 28.0 Å². The predicted octanol–water partition coefficient (Wildman–Crippen LogP) is 2.09. The van der Waals surface area contributed by atoms with Crippen molar-refractivity contribution >= 4 is 17.3 Å². The van der Waals surface area contributed by atoms with Crippen molar-refractivity contribution in [2.24, 2.45) is 0 Å². The van der Waals surface area contributed by atoms with E-state index in [1.807, 2.05) is 30.3 Å². The number of carboxylic acid groups (broad SMARTS) is 1. The zero-order valence-corrected chi connectivity index (χ0v) is 12.2. The summed E-state index contributed by atoms with van der Waals surface area (Å²) >= 11 is 1.43. The van der Waals surface area contributed by atoms with Crippen LogP contribution in [0, 0.1) is 5.51 Å². The van der Waals surface area contributed by atoms with Gasteiger partial charge in [-0.05, 0) is 5.01 Å². The van der Waals surface area contributed by atoms with E-state index < -0.39 is 5.97 Å². The van der Waals surface area contributed by atoms with Gasteiger partial charge in [0.15, 0.2) is 0 Å². The molecule has 2 aromatic rings. The Morgan fingerprint density at radius 2 is 1.94 bits per heavy atom. The molecule has 0 spiro atoms. The Bertz CT molecular complexity index is 402. The quantitative estimate of drug-likeness (QED) is 0.739. The first-order chi connectivity index (χ1) is 7.20. The third-order valence-electron chi connectivity index (χ3n) is 1.34. The monoisotopic (exact) mass is 405 g/mol. The van der Waals surface area contributed by atoms with E-state index in [1.165, 1.54) is 11.3 Å². The minimum atomic E-state index is -0.833. The van der Waals surface area contributed by atoms with Crippen LogP contribution in [0.5, 0.6) is 0 Å². The average Bonchev–Trinajstić information content (AvgIpc) is 2.71. The first-order valence-electron chi connectivity index (χ1n) is 4.14. The van der Waals surface area contributed by atoms with Gasteiger partial charge in [-0.15, -0.1) is 0 Å². The minimum absolute atomic E-state index is 0. The van der Waals surface area contributed by atoms with E-state index >= 15 is 0 Å². The maximum Gasteiger partial charge on any atom is 0.300 e. The zero-order chi connectivity index (χ0) is 11.1. The molecule has 16 heavy (non-hydrogen) atoms. The largest absolute Gasteiger partial charge is 0.481 e. The summed E-state index contributed by atoms with van der Waals surface area (Å²) in [7, 11) is 0. The molecule has 0 fully saturated rings. The molecule has 1 heterocycles. The van der Waals surface area contributed by atoms with E-state index in [4.69, 9.17) is 9.90 Å². The Morgan fingerprint density at radius 1 is 1.38 bits per heavy atom. The molecule has 4 nitrogen and oxygen atoms in total. The van der Waals surface area contributed by atoms with Crippen molar-refractivity contribution in [2.45, 2.75) is 6.92 Å². The van der Waals surface area contributed by atoms with Gasteiger partial charge in [0.25, 0.3) is 5.97 Å². The van der Waals surface area contributed by atoms with E-state index in [0.29, 0.717) is 0 Å². The SMILES string of the molecule is CC(=O)O.[W].[c-]1nnc(-c2ccccc2)s1. The second-order valence-electron chi connectivity index (χ2n) is 2.58. The summed E-state index contributed by atoms with van der Waals surface area (Å²) < 4.78 is 0. The Hall–Kier alpha value is -1.06. The fourth-order valence-corrected chi connectivity index (χ4v) is 1.35. The van der Waals surface area contributed by atoms with Crippen molar-refractivity contribution < 1.29 is 31.0 Å². The third-order valence-corrected chi connectivity index (χ3v) is 2.03. The molecule has 0 unspecified atom stereocenters. The number of aromatic nitrogens is 2. The molecule has 0 atom stereocenters. The average molecular weight is 405 g/mol. The van der Waals surface area contributed by atoms with Gasteiger partial charge in [0.05, 0.1) is 0 Å². The van der Waals surface area contributed by atoms with E-state index in [2.05, 4.69) is 15.7 Å². The molecule has 1 aromatic carbocycles. The summed E-state index contributed by atoms with van der Waals surface area (Å²) in [6, 6.07) is 9.96. The summed E-state index contributed by atoms with van der Waals surface area (Å²) in [6.07, 6.45) is 0. The van der Waals surface area contributed by atoms with E-state index in [1.54, 1.807) is 0 Å². The maximum atomic E-state index is 9.00. The van der Waals surface area contributed by atoms with Gasteiger partial charge >= 0.3 is 0 Å². The van der Waals surface area contributed by atoms with Gasteiger partial charge in [0.1, 0.15) is 0 Å². The van der Waals surface area contributed by atoms with Crippen LogP contribution >= 0.6 is 11.3 Å². The van der Waals surface area contributed by atoms with Crippen molar-refractivity contribution in [1.29, 1.82) is 0 Å². The number of benzene rings is 1. The normalized spacial score (nSPS) is 8.31. The van der Waals surface area contributed by atoms with Gasteiger partial charge in [-0.25, -0.2) is 0 Å². The van der Waals surface area contributed by atoms with Crippen LogP contribution in [0.3, 0.4) is 0 Å². The van der Waals surface area contributed by atoms with Crippen LogP contribution in [-0.2, 0) is 25.9 Å².